The molecule has 1 atom stereocenters. The summed E-state index contributed by atoms with van der Waals surface area (Å²) in [6.45, 7) is 3.61. The predicted octanol–water partition coefficient (Wildman–Crippen LogP) is 3.03. The van der Waals surface area contributed by atoms with Gasteiger partial charge in [0.05, 0.1) is 6.54 Å². The first-order valence-electron chi connectivity index (χ1n) is 6.89. The van der Waals surface area contributed by atoms with Crippen LogP contribution in [0.4, 0.5) is 13.2 Å². The van der Waals surface area contributed by atoms with Crippen molar-refractivity contribution in [2.24, 2.45) is 5.41 Å². The minimum Gasteiger partial charge on any atom is -0.334 e. The van der Waals surface area contributed by atoms with Crippen LogP contribution < -0.4 is 5.32 Å². The van der Waals surface area contributed by atoms with Gasteiger partial charge in [0.25, 0.3) is 0 Å². The molecule has 0 aliphatic carbocycles. The molecule has 1 aliphatic rings. The van der Waals surface area contributed by atoms with Crippen molar-refractivity contribution < 1.29 is 18.0 Å². The molecule has 0 saturated carbocycles. The minimum atomic E-state index is -4.53. The molecule has 21 heavy (non-hydrogen) atoms. The third kappa shape index (κ3) is 3.08. The van der Waals surface area contributed by atoms with Gasteiger partial charge in [0.2, 0.25) is 5.91 Å². The smallest absolute Gasteiger partial charge is 0.334 e. The fourth-order valence-corrected chi connectivity index (χ4v) is 3.27. The highest BCUT2D eigenvalue weighted by Gasteiger charge is 2.62. The minimum absolute atomic E-state index is 0.191. The monoisotopic (exact) mass is 320 g/mol. The number of nitrogens with one attached hydrogen (secondary N) is 1. The number of hydrogen-bond donors (Lipinski definition) is 1. The van der Waals surface area contributed by atoms with Crippen LogP contribution in [0.15, 0.2) is 17.5 Å². The summed E-state index contributed by atoms with van der Waals surface area (Å²) in [5, 5.41) is 4.54. The zero-order chi connectivity index (χ0) is 15.7. The highest BCUT2D eigenvalue weighted by molar-refractivity contribution is 7.09. The Morgan fingerprint density at radius 1 is 1.52 bits per heavy atom. The standard InChI is InChI=1S/C14H19F3N2OS/c1-10(2)19(8-11-4-3-7-21-11)12(20)13(14(15,16)17)5-6-18-9-13/h3-4,7,10,18H,5-6,8-9H2,1-2H3. The molecule has 118 valence electrons. The van der Waals surface area contributed by atoms with E-state index in [-0.39, 0.29) is 32.1 Å². The van der Waals surface area contributed by atoms with Crippen LogP contribution in [0.2, 0.25) is 0 Å². The normalized spacial score (nSPS) is 22.8. The lowest BCUT2D eigenvalue weighted by molar-refractivity contribution is -0.222. The van der Waals surface area contributed by atoms with Crippen LogP contribution in [0.5, 0.6) is 0 Å². The molecule has 0 spiro atoms. The molecule has 1 aliphatic heterocycles. The van der Waals surface area contributed by atoms with Gasteiger partial charge in [0.1, 0.15) is 0 Å². The quantitative estimate of drug-likeness (QED) is 0.925. The van der Waals surface area contributed by atoms with Crippen molar-refractivity contribution in [3.05, 3.63) is 22.4 Å². The van der Waals surface area contributed by atoms with E-state index in [9.17, 15) is 18.0 Å². The summed E-state index contributed by atoms with van der Waals surface area (Å²) in [5.74, 6) is -0.816. The van der Waals surface area contributed by atoms with Crippen molar-refractivity contribution in [1.82, 2.24) is 10.2 Å². The zero-order valence-electron chi connectivity index (χ0n) is 12.0. The van der Waals surface area contributed by atoms with Crippen LogP contribution in [0.1, 0.15) is 25.1 Å². The van der Waals surface area contributed by atoms with Crippen molar-refractivity contribution >= 4 is 17.2 Å². The van der Waals surface area contributed by atoms with Crippen LogP contribution in [0.3, 0.4) is 0 Å². The highest BCUT2D eigenvalue weighted by atomic mass is 32.1. The third-order valence-electron chi connectivity index (χ3n) is 3.90. The lowest BCUT2D eigenvalue weighted by Crippen LogP contribution is -2.54. The second kappa shape index (κ2) is 5.96. The number of hydrogen-bond acceptors (Lipinski definition) is 3. The van der Waals surface area contributed by atoms with Gasteiger partial charge < -0.3 is 10.2 Å². The van der Waals surface area contributed by atoms with E-state index in [1.807, 2.05) is 17.5 Å². The molecule has 0 bridgehead atoms. The zero-order valence-corrected chi connectivity index (χ0v) is 12.9. The van der Waals surface area contributed by atoms with Crippen LogP contribution in [0, 0.1) is 5.41 Å². The van der Waals surface area contributed by atoms with Crippen LogP contribution >= 0.6 is 11.3 Å². The molecule has 2 heterocycles. The molecule has 1 aromatic heterocycles. The maximum atomic E-state index is 13.5. The maximum Gasteiger partial charge on any atom is 0.404 e. The predicted molar refractivity (Wildman–Crippen MR) is 76.0 cm³/mol. The first-order chi connectivity index (χ1) is 9.78. The number of halogens is 3. The second-order valence-corrected chi connectivity index (χ2v) is 6.65. The fourth-order valence-electron chi connectivity index (χ4n) is 2.57. The van der Waals surface area contributed by atoms with Gasteiger partial charge in [-0.25, -0.2) is 0 Å². The molecular weight excluding hydrogens is 301 g/mol. The maximum absolute atomic E-state index is 13.5. The van der Waals surface area contributed by atoms with Crippen molar-refractivity contribution in [1.29, 1.82) is 0 Å². The molecule has 7 heteroatoms. The Morgan fingerprint density at radius 3 is 2.67 bits per heavy atom. The summed E-state index contributed by atoms with van der Waals surface area (Å²) in [4.78, 5) is 14.9. The molecule has 1 amide bonds. The number of amides is 1. The Bertz CT molecular complexity index is 479. The molecule has 1 saturated heterocycles. The van der Waals surface area contributed by atoms with Crippen molar-refractivity contribution in [3.63, 3.8) is 0 Å². The average Bonchev–Trinajstić information content (AvgIpc) is 3.05. The lowest BCUT2D eigenvalue weighted by Gasteiger charge is -2.37. The first-order valence-corrected chi connectivity index (χ1v) is 7.77. The first kappa shape index (κ1) is 16.3. The third-order valence-corrected chi connectivity index (χ3v) is 4.76. The van der Waals surface area contributed by atoms with Crippen molar-refractivity contribution in [3.8, 4) is 0 Å². The Morgan fingerprint density at radius 2 is 2.24 bits per heavy atom. The Hall–Kier alpha value is -1.08. The molecule has 1 fully saturated rings. The largest absolute Gasteiger partial charge is 0.404 e. The Labute approximate surface area is 126 Å². The van der Waals surface area contributed by atoms with Gasteiger partial charge in [-0.1, -0.05) is 6.07 Å². The summed E-state index contributed by atoms with van der Waals surface area (Å²) in [5.41, 5.74) is -2.28. The van der Waals surface area contributed by atoms with Gasteiger partial charge in [0.15, 0.2) is 5.41 Å². The topological polar surface area (TPSA) is 32.3 Å². The van der Waals surface area contributed by atoms with Gasteiger partial charge in [0, 0.05) is 17.5 Å². The number of rotatable bonds is 4. The van der Waals surface area contributed by atoms with E-state index >= 15 is 0 Å². The number of thiophene rings is 1. The highest BCUT2D eigenvalue weighted by Crippen LogP contribution is 2.45. The molecule has 1 unspecified atom stereocenters. The SMILES string of the molecule is CC(C)N(Cc1cccs1)C(=O)C1(C(F)(F)F)CCNC1. The van der Waals surface area contributed by atoms with E-state index in [2.05, 4.69) is 5.32 Å². The molecule has 0 radical (unpaired) electrons. The van der Waals surface area contributed by atoms with Crippen LogP contribution in [-0.4, -0.2) is 36.1 Å². The van der Waals surface area contributed by atoms with Gasteiger partial charge in [-0.2, -0.15) is 13.2 Å². The summed E-state index contributed by atoms with van der Waals surface area (Å²) >= 11 is 1.44. The Kier molecular flexibility index (Phi) is 4.63. The van der Waals surface area contributed by atoms with Gasteiger partial charge in [-0.3, -0.25) is 4.79 Å². The molecule has 3 nitrogen and oxygen atoms in total. The van der Waals surface area contributed by atoms with E-state index < -0.39 is 17.5 Å². The number of alkyl halides is 3. The van der Waals surface area contributed by atoms with Crippen molar-refractivity contribution in [2.75, 3.05) is 13.1 Å². The fraction of sp³-hybridized carbons (Fsp3) is 0.643. The Balaban J connectivity index is 2.28. The number of carbonyl (C=O) groups excluding carboxylic acids is 1. The second-order valence-electron chi connectivity index (χ2n) is 5.61. The van der Waals surface area contributed by atoms with Crippen molar-refractivity contribution in [2.45, 2.75) is 39.0 Å². The van der Waals surface area contributed by atoms with E-state index in [4.69, 9.17) is 0 Å². The number of carbonyl (C=O) groups is 1. The van der Waals surface area contributed by atoms with Crippen LogP contribution in [-0.2, 0) is 11.3 Å². The number of nitrogens with zero attached hydrogens (tertiary/aromatic N) is 1. The van der Waals surface area contributed by atoms with Crippen LogP contribution in [0.25, 0.3) is 0 Å². The molecule has 2 rings (SSSR count). The molecular formula is C14H19F3N2OS. The lowest BCUT2D eigenvalue weighted by atomic mass is 9.84. The van der Waals surface area contributed by atoms with E-state index in [1.165, 1.54) is 16.2 Å². The van der Waals surface area contributed by atoms with Gasteiger partial charge >= 0.3 is 6.18 Å². The van der Waals surface area contributed by atoms with E-state index in [1.54, 1.807) is 13.8 Å². The van der Waals surface area contributed by atoms with Gasteiger partial charge in [-0.15, -0.1) is 11.3 Å². The summed E-state index contributed by atoms with van der Waals surface area (Å²) in [7, 11) is 0. The summed E-state index contributed by atoms with van der Waals surface area (Å²) in [6.07, 6.45) is -4.72. The average molecular weight is 320 g/mol. The van der Waals surface area contributed by atoms with E-state index in [0.717, 1.165) is 4.88 Å². The molecule has 1 N–H and O–H groups in total. The van der Waals surface area contributed by atoms with Gasteiger partial charge in [-0.05, 0) is 38.3 Å². The van der Waals surface area contributed by atoms with E-state index in [0.29, 0.717) is 0 Å². The molecule has 0 aromatic carbocycles. The summed E-state index contributed by atoms with van der Waals surface area (Å²) in [6, 6.07) is 3.39. The molecule has 1 aromatic rings. The summed E-state index contributed by atoms with van der Waals surface area (Å²) < 4.78 is 40.5.